The average molecular weight is 200 g/mol. The molecule has 0 heterocycles. The van der Waals surface area contributed by atoms with Gasteiger partial charge in [-0.25, -0.2) is 0 Å². The molecule has 1 aliphatic carbocycles. The topological polar surface area (TPSA) is 40.5 Å². The first-order valence-electron chi connectivity index (χ1n) is 5.57. The Morgan fingerprint density at radius 3 is 1.64 bits per heavy atom. The second-order valence-electron chi connectivity index (χ2n) is 6.06. The normalized spacial score (nSPS) is 34.9. The molecule has 0 bridgehead atoms. The van der Waals surface area contributed by atoms with E-state index in [1.165, 1.54) is 0 Å². The molecule has 0 aromatic rings. The highest BCUT2D eigenvalue weighted by Gasteiger charge is 2.44. The van der Waals surface area contributed by atoms with Crippen molar-refractivity contribution in [2.45, 2.75) is 58.7 Å². The van der Waals surface area contributed by atoms with Gasteiger partial charge in [-0.2, -0.15) is 0 Å². The van der Waals surface area contributed by atoms with E-state index in [4.69, 9.17) is 0 Å². The third-order valence-electron chi connectivity index (χ3n) is 3.79. The molecule has 2 nitrogen and oxygen atoms in total. The van der Waals surface area contributed by atoms with E-state index in [1.807, 2.05) is 27.7 Å². The molecule has 0 saturated heterocycles. The standard InChI is InChI=1S/C12H24O2/c1-8-6-9(11(2,3)13)7-10(8)12(4,5)14/h8-10,13-14H,6-7H2,1-5H3. The Morgan fingerprint density at radius 1 is 0.929 bits per heavy atom. The smallest absolute Gasteiger partial charge is 0.0622 e. The van der Waals surface area contributed by atoms with Crippen molar-refractivity contribution in [3.63, 3.8) is 0 Å². The molecule has 1 aliphatic rings. The van der Waals surface area contributed by atoms with Crippen molar-refractivity contribution >= 4 is 0 Å². The largest absolute Gasteiger partial charge is 0.390 e. The highest BCUT2D eigenvalue weighted by molar-refractivity contribution is 4.94. The molecular formula is C12H24O2. The lowest BCUT2D eigenvalue weighted by Crippen LogP contribution is -2.34. The van der Waals surface area contributed by atoms with Crippen LogP contribution in [0.15, 0.2) is 0 Å². The maximum atomic E-state index is 9.99. The molecule has 0 aliphatic heterocycles. The van der Waals surface area contributed by atoms with Crippen LogP contribution in [0.4, 0.5) is 0 Å². The third kappa shape index (κ3) is 2.48. The first kappa shape index (κ1) is 12.0. The molecule has 0 spiro atoms. The third-order valence-corrected chi connectivity index (χ3v) is 3.79. The van der Waals surface area contributed by atoms with Gasteiger partial charge in [0.2, 0.25) is 0 Å². The number of aliphatic hydroxyl groups is 2. The van der Waals surface area contributed by atoms with Gasteiger partial charge in [-0.05, 0) is 58.3 Å². The van der Waals surface area contributed by atoms with E-state index in [2.05, 4.69) is 6.92 Å². The van der Waals surface area contributed by atoms with Crippen molar-refractivity contribution in [2.24, 2.45) is 17.8 Å². The van der Waals surface area contributed by atoms with Crippen LogP contribution in [0.2, 0.25) is 0 Å². The van der Waals surface area contributed by atoms with E-state index >= 15 is 0 Å². The minimum atomic E-state index is -0.612. The van der Waals surface area contributed by atoms with E-state index in [0.717, 1.165) is 12.8 Å². The SMILES string of the molecule is CC1CC(C(C)(C)O)CC1C(C)(C)O. The quantitative estimate of drug-likeness (QED) is 0.717. The zero-order chi connectivity index (χ0) is 11.1. The summed E-state index contributed by atoms with van der Waals surface area (Å²) < 4.78 is 0. The van der Waals surface area contributed by atoms with E-state index in [9.17, 15) is 10.2 Å². The molecule has 3 unspecified atom stereocenters. The van der Waals surface area contributed by atoms with Crippen molar-refractivity contribution < 1.29 is 10.2 Å². The van der Waals surface area contributed by atoms with Gasteiger partial charge >= 0.3 is 0 Å². The zero-order valence-electron chi connectivity index (χ0n) is 10.0. The van der Waals surface area contributed by atoms with E-state index in [1.54, 1.807) is 0 Å². The van der Waals surface area contributed by atoms with Crippen LogP contribution >= 0.6 is 0 Å². The summed E-state index contributed by atoms with van der Waals surface area (Å²) in [5.41, 5.74) is -1.21. The summed E-state index contributed by atoms with van der Waals surface area (Å²) in [6.45, 7) is 9.67. The van der Waals surface area contributed by atoms with Gasteiger partial charge in [0.1, 0.15) is 0 Å². The molecule has 1 fully saturated rings. The summed E-state index contributed by atoms with van der Waals surface area (Å²) in [6, 6.07) is 0. The Hall–Kier alpha value is -0.0800. The second kappa shape index (κ2) is 3.49. The summed E-state index contributed by atoms with van der Waals surface area (Å²) in [5, 5.41) is 19.9. The number of hydrogen-bond acceptors (Lipinski definition) is 2. The average Bonchev–Trinajstić information content (AvgIpc) is 2.27. The number of hydrogen-bond donors (Lipinski definition) is 2. The monoisotopic (exact) mass is 200 g/mol. The molecule has 84 valence electrons. The predicted molar refractivity (Wildman–Crippen MR) is 58.0 cm³/mol. The van der Waals surface area contributed by atoms with Crippen LogP contribution < -0.4 is 0 Å². The highest BCUT2D eigenvalue weighted by Crippen LogP contribution is 2.45. The van der Waals surface area contributed by atoms with E-state index in [-0.39, 0.29) is 0 Å². The molecule has 0 amide bonds. The van der Waals surface area contributed by atoms with Crippen molar-refractivity contribution in [1.82, 2.24) is 0 Å². The Morgan fingerprint density at radius 2 is 1.43 bits per heavy atom. The summed E-state index contributed by atoms with van der Waals surface area (Å²) in [5.74, 6) is 1.15. The molecule has 2 heteroatoms. The van der Waals surface area contributed by atoms with E-state index in [0.29, 0.717) is 17.8 Å². The van der Waals surface area contributed by atoms with E-state index < -0.39 is 11.2 Å². The lowest BCUT2D eigenvalue weighted by molar-refractivity contribution is -0.0102. The Bertz CT molecular complexity index is 197. The lowest BCUT2D eigenvalue weighted by Gasteiger charge is -2.30. The van der Waals surface area contributed by atoms with Gasteiger partial charge in [-0.1, -0.05) is 6.92 Å². The summed E-state index contributed by atoms with van der Waals surface area (Å²) in [4.78, 5) is 0. The first-order chi connectivity index (χ1) is 6.12. The zero-order valence-corrected chi connectivity index (χ0v) is 10.0. The van der Waals surface area contributed by atoms with Gasteiger partial charge in [0.25, 0.3) is 0 Å². The van der Waals surface area contributed by atoms with Crippen molar-refractivity contribution in [3.8, 4) is 0 Å². The molecular weight excluding hydrogens is 176 g/mol. The molecule has 3 atom stereocenters. The minimum absolute atomic E-state index is 0.318. The lowest BCUT2D eigenvalue weighted by atomic mass is 9.82. The van der Waals surface area contributed by atoms with Gasteiger partial charge in [0, 0.05) is 0 Å². The van der Waals surface area contributed by atoms with Gasteiger partial charge in [-0.15, -0.1) is 0 Å². The van der Waals surface area contributed by atoms with Gasteiger partial charge in [0.15, 0.2) is 0 Å². The van der Waals surface area contributed by atoms with Crippen molar-refractivity contribution in [3.05, 3.63) is 0 Å². The Balaban J connectivity index is 2.70. The minimum Gasteiger partial charge on any atom is -0.390 e. The first-order valence-corrected chi connectivity index (χ1v) is 5.57. The summed E-state index contributed by atoms with van der Waals surface area (Å²) in [7, 11) is 0. The van der Waals surface area contributed by atoms with Crippen LogP contribution in [-0.4, -0.2) is 21.4 Å². The fraction of sp³-hybridized carbons (Fsp3) is 1.00. The number of rotatable bonds is 2. The predicted octanol–water partition coefficient (Wildman–Crippen LogP) is 2.19. The highest BCUT2D eigenvalue weighted by atomic mass is 16.3. The second-order valence-corrected chi connectivity index (χ2v) is 6.06. The molecule has 0 radical (unpaired) electrons. The maximum Gasteiger partial charge on any atom is 0.0622 e. The van der Waals surface area contributed by atoms with Crippen LogP contribution in [0, 0.1) is 17.8 Å². The molecule has 0 aromatic carbocycles. The summed E-state index contributed by atoms with van der Waals surface area (Å²) in [6.07, 6.45) is 1.96. The molecule has 1 rings (SSSR count). The van der Waals surface area contributed by atoms with Gasteiger partial charge < -0.3 is 10.2 Å². The van der Waals surface area contributed by atoms with Crippen LogP contribution in [-0.2, 0) is 0 Å². The fourth-order valence-corrected chi connectivity index (χ4v) is 2.81. The molecule has 14 heavy (non-hydrogen) atoms. The van der Waals surface area contributed by atoms with Gasteiger partial charge in [0.05, 0.1) is 11.2 Å². The molecule has 1 saturated carbocycles. The Labute approximate surface area is 87.3 Å². The Kier molecular flexibility index (Phi) is 2.99. The fourth-order valence-electron chi connectivity index (χ4n) is 2.81. The van der Waals surface area contributed by atoms with Crippen LogP contribution in [0.5, 0.6) is 0 Å². The van der Waals surface area contributed by atoms with Crippen LogP contribution in [0.3, 0.4) is 0 Å². The maximum absolute atomic E-state index is 9.99. The van der Waals surface area contributed by atoms with Gasteiger partial charge in [-0.3, -0.25) is 0 Å². The van der Waals surface area contributed by atoms with Crippen molar-refractivity contribution in [1.29, 1.82) is 0 Å². The molecule has 0 aromatic heterocycles. The molecule has 2 N–H and O–H groups in total. The van der Waals surface area contributed by atoms with Crippen molar-refractivity contribution in [2.75, 3.05) is 0 Å². The summed E-state index contributed by atoms with van der Waals surface area (Å²) >= 11 is 0. The van der Waals surface area contributed by atoms with Crippen LogP contribution in [0.1, 0.15) is 47.5 Å². The van der Waals surface area contributed by atoms with Crippen LogP contribution in [0.25, 0.3) is 0 Å².